The molecule has 0 aromatic rings. The summed E-state index contributed by atoms with van der Waals surface area (Å²) in [6.07, 6.45) is 30.0. The molecular weight excluding hydrogens is 364 g/mol. The number of hydrogen-bond donors (Lipinski definition) is 0. The molecule has 0 spiro atoms. The Hall–Kier alpha value is -1.48. The summed E-state index contributed by atoms with van der Waals surface area (Å²) in [5.41, 5.74) is 0. The molecule has 0 radical (unpaired) electrons. The quantitative estimate of drug-likeness (QED) is 0.184. The normalized spacial score (nSPS) is 13.7. The number of esters is 1. The number of rotatable bonds is 17. The molecule has 0 aromatic carbocycles. The van der Waals surface area contributed by atoms with Gasteiger partial charge in [0.05, 0.1) is 6.61 Å². The molecule has 0 rings (SSSR count). The van der Waals surface area contributed by atoms with Crippen LogP contribution in [0.15, 0.2) is 60.8 Å². The molecule has 0 bridgehead atoms. The highest BCUT2D eigenvalue weighted by Gasteiger charge is 2.18. The lowest BCUT2D eigenvalue weighted by Gasteiger charge is -2.13. The van der Waals surface area contributed by atoms with Crippen molar-refractivity contribution >= 4 is 17.7 Å². The minimum Gasteiger partial charge on any atom is -0.465 e. The minimum absolute atomic E-state index is 0.0260. The molecule has 0 N–H and O–H groups in total. The van der Waals surface area contributed by atoms with Gasteiger partial charge in [-0.15, -0.1) is 11.8 Å². The Balaban J connectivity index is 3.84. The summed E-state index contributed by atoms with van der Waals surface area (Å²) in [6, 6.07) is 0. The smallest absolute Gasteiger partial charge is 0.319 e. The predicted octanol–water partition coefficient (Wildman–Crippen LogP) is 7.59. The van der Waals surface area contributed by atoms with Gasteiger partial charge in [-0.3, -0.25) is 4.79 Å². The third kappa shape index (κ3) is 17.9. The fourth-order valence-corrected chi connectivity index (χ4v) is 3.41. The number of allylic oxidation sites excluding steroid dienone is 10. The van der Waals surface area contributed by atoms with Crippen molar-refractivity contribution in [2.45, 2.75) is 77.4 Å². The zero-order chi connectivity index (χ0) is 20.7. The monoisotopic (exact) mass is 404 g/mol. The highest BCUT2D eigenvalue weighted by Crippen LogP contribution is 2.19. The SMILES string of the molecule is CCC=CCC=CCC=CCC=CCC=CCCC(SCCC)C(=O)OCC. The lowest BCUT2D eigenvalue weighted by molar-refractivity contribution is -0.142. The summed E-state index contributed by atoms with van der Waals surface area (Å²) in [6.45, 7) is 6.62. The first kappa shape index (κ1) is 26.5. The molecule has 158 valence electrons. The van der Waals surface area contributed by atoms with Crippen LogP contribution in [-0.2, 0) is 9.53 Å². The van der Waals surface area contributed by atoms with Crippen LogP contribution in [0.25, 0.3) is 0 Å². The van der Waals surface area contributed by atoms with Crippen LogP contribution in [0.4, 0.5) is 0 Å². The van der Waals surface area contributed by atoms with E-state index in [-0.39, 0.29) is 11.2 Å². The van der Waals surface area contributed by atoms with Crippen molar-refractivity contribution in [1.82, 2.24) is 0 Å². The van der Waals surface area contributed by atoms with Crippen molar-refractivity contribution < 1.29 is 9.53 Å². The van der Waals surface area contributed by atoms with Gasteiger partial charge in [0.25, 0.3) is 0 Å². The van der Waals surface area contributed by atoms with E-state index < -0.39 is 0 Å². The van der Waals surface area contributed by atoms with Gasteiger partial charge >= 0.3 is 5.97 Å². The third-order valence-corrected chi connectivity index (χ3v) is 5.30. The Kier molecular flexibility index (Phi) is 20.7. The van der Waals surface area contributed by atoms with Crippen molar-refractivity contribution in [2.24, 2.45) is 0 Å². The van der Waals surface area contributed by atoms with Gasteiger partial charge in [-0.25, -0.2) is 0 Å². The molecule has 0 saturated heterocycles. The molecule has 1 atom stereocenters. The molecule has 0 saturated carbocycles. The lowest BCUT2D eigenvalue weighted by Crippen LogP contribution is -2.20. The van der Waals surface area contributed by atoms with Gasteiger partial charge in [0.1, 0.15) is 5.25 Å². The zero-order valence-corrected chi connectivity index (χ0v) is 19.0. The number of hydrogen-bond acceptors (Lipinski definition) is 3. The molecule has 0 aliphatic heterocycles. The van der Waals surface area contributed by atoms with Crippen molar-refractivity contribution in [3.8, 4) is 0 Å². The molecule has 0 aliphatic carbocycles. The van der Waals surface area contributed by atoms with Crippen molar-refractivity contribution in [2.75, 3.05) is 12.4 Å². The van der Waals surface area contributed by atoms with Crippen LogP contribution in [0.3, 0.4) is 0 Å². The Morgan fingerprint density at radius 2 is 1.29 bits per heavy atom. The molecule has 0 aromatic heterocycles. The van der Waals surface area contributed by atoms with Crippen molar-refractivity contribution in [3.05, 3.63) is 60.8 Å². The summed E-state index contributed by atoms with van der Waals surface area (Å²) >= 11 is 1.72. The predicted molar refractivity (Wildman–Crippen MR) is 127 cm³/mol. The zero-order valence-electron chi connectivity index (χ0n) is 18.1. The van der Waals surface area contributed by atoms with Gasteiger partial charge < -0.3 is 4.74 Å². The molecule has 0 heterocycles. The van der Waals surface area contributed by atoms with Crippen molar-refractivity contribution in [3.63, 3.8) is 0 Å². The van der Waals surface area contributed by atoms with Crippen LogP contribution in [0.5, 0.6) is 0 Å². The summed E-state index contributed by atoms with van der Waals surface area (Å²) in [7, 11) is 0. The average Bonchev–Trinajstić information content (AvgIpc) is 2.70. The average molecular weight is 405 g/mol. The largest absolute Gasteiger partial charge is 0.465 e. The summed E-state index contributed by atoms with van der Waals surface area (Å²) in [5.74, 6) is 0.947. The standard InChI is InChI=1S/C25H40O2S/c1-4-7-8-9-10-11-12-13-14-15-16-17-18-19-20-21-22-24(28-23-5-2)25(26)27-6-3/h7-8,10-11,13-14,16-17,19-20,24H,4-6,9,12,15,18,21-23H2,1-3H3. The summed E-state index contributed by atoms with van der Waals surface area (Å²) < 4.78 is 5.17. The van der Waals surface area contributed by atoms with Gasteiger partial charge in [-0.2, -0.15) is 0 Å². The van der Waals surface area contributed by atoms with Gasteiger partial charge in [0, 0.05) is 0 Å². The van der Waals surface area contributed by atoms with E-state index in [0.717, 1.165) is 57.1 Å². The first-order valence-corrected chi connectivity index (χ1v) is 11.8. The maximum Gasteiger partial charge on any atom is 0.319 e. The van der Waals surface area contributed by atoms with Gasteiger partial charge in [0.15, 0.2) is 0 Å². The van der Waals surface area contributed by atoms with E-state index in [1.807, 2.05) is 6.92 Å². The fourth-order valence-electron chi connectivity index (χ4n) is 2.38. The molecule has 3 heteroatoms. The van der Waals surface area contributed by atoms with E-state index in [1.54, 1.807) is 11.8 Å². The maximum atomic E-state index is 11.9. The fraction of sp³-hybridized carbons (Fsp3) is 0.560. The second kappa shape index (κ2) is 21.8. The van der Waals surface area contributed by atoms with E-state index >= 15 is 0 Å². The Morgan fingerprint density at radius 3 is 1.75 bits per heavy atom. The summed E-state index contributed by atoms with van der Waals surface area (Å²) in [5, 5.41) is -0.0260. The molecule has 0 fully saturated rings. The third-order valence-electron chi connectivity index (χ3n) is 3.83. The van der Waals surface area contributed by atoms with E-state index in [4.69, 9.17) is 4.74 Å². The number of thioether (sulfide) groups is 1. The second-order valence-corrected chi connectivity index (χ2v) is 7.71. The molecule has 1 unspecified atom stereocenters. The molecule has 0 amide bonds. The first-order valence-electron chi connectivity index (χ1n) is 10.8. The maximum absolute atomic E-state index is 11.9. The number of carbonyl (C=O) groups excluding carboxylic acids is 1. The first-order chi connectivity index (χ1) is 13.8. The molecular formula is C25H40O2S. The van der Waals surface area contributed by atoms with Crippen LogP contribution >= 0.6 is 11.8 Å². The minimum atomic E-state index is -0.0618. The van der Waals surface area contributed by atoms with Crippen LogP contribution in [0.1, 0.15) is 72.1 Å². The Bertz CT molecular complexity index is 501. The Labute approximate surface area is 177 Å². The highest BCUT2D eigenvalue weighted by atomic mass is 32.2. The topological polar surface area (TPSA) is 26.3 Å². The number of carbonyl (C=O) groups is 1. The van der Waals surface area contributed by atoms with E-state index in [1.165, 1.54) is 0 Å². The molecule has 2 nitrogen and oxygen atoms in total. The Morgan fingerprint density at radius 1 is 0.786 bits per heavy atom. The van der Waals surface area contributed by atoms with Gasteiger partial charge in [-0.05, 0) is 64.0 Å². The van der Waals surface area contributed by atoms with Gasteiger partial charge in [-0.1, -0.05) is 74.6 Å². The summed E-state index contributed by atoms with van der Waals surface area (Å²) in [4.78, 5) is 11.9. The lowest BCUT2D eigenvalue weighted by atomic mass is 10.2. The second-order valence-electron chi connectivity index (χ2n) is 6.40. The van der Waals surface area contributed by atoms with E-state index in [9.17, 15) is 4.79 Å². The van der Waals surface area contributed by atoms with E-state index in [0.29, 0.717) is 6.61 Å². The van der Waals surface area contributed by atoms with Crippen LogP contribution in [-0.4, -0.2) is 23.6 Å². The van der Waals surface area contributed by atoms with E-state index in [2.05, 4.69) is 74.6 Å². The van der Waals surface area contributed by atoms with Crippen LogP contribution < -0.4 is 0 Å². The van der Waals surface area contributed by atoms with Crippen molar-refractivity contribution in [1.29, 1.82) is 0 Å². The number of ether oxygens (including phenoxy) is 1. The van der Waals surface area contributed by atoms with Crippen LogP contribution in [0.2, 0.25) is 0 Å². The molecule has 28 heavy (non-hydrogen) atoms. The highest BCUT2D eigenvalue weighted by molar-refractivity contribution is 8.00. The van der Waals surface area contributed by atoms with Gasteiger partial charge in [0.2, 0.25) is 0 Å². The van der Waals surface area contributed by atoms with Crippen LogP contribution in [0, 0.1) is 0 Å². The molecule has 0 aliphatic rings.